The number of aliphatic hydroxyl groups excluding tert-OH is 1. The number of carboxylic acid groups (broad SMARTS) is 1. The summed E-state index contributed by atoms with van der Waals surface area (Å²) < 4.78 is 14.2. The van der Waals surface area contributed by atoms with Crippen LogP contribution in [0.1, 0.15) is 125 Å². The van der Waals surface area contributed by atoms with Gasteiger partial charge in [-0.3, -0.25) is 9.59 Å². The molecule has 0 radical (unpaired) electrons. The summed E-state index contributed by atoms with van der Waals surface area (Å²) in [5.74, 6) is -1.43. The molecule has 0 aliphatic heterocycles. The Balaban J connectivity index is 2.49. The predicted octanol–water partition coefficient (Wildman–Crippen LogP) is 12.1. The average molecular weight is 814 g/mol. The Bertz CT molecular complexity index is 1600. The molecule has 5 atom stereocenters. The van der Waals surface area contributed by atoms with Crippen molar-refractivity contribution in [3.05, 3.63) is 69.2 Å². The summed E-state index contributed by atoms with van der Waals surface area (Å²) in [4.78, 5) is 32.2. The third kappa shape index (κ3) is 14.6. The molecule has 0 saturated heterocycles. The summed E-state index contributed by atoms with van der Waals surface area (Å²) in [6.45, 7) is 33.9. The molecule has 0 bridgehead atoms. The first-order chi connectivity index (χ1) is 25.1. The van der Waals surface area contributed by atoms with Gasteiger partial charge in [0.05, 0.1) is 35.4 Å². The molecular formula is C45H75NO6SSi2. The summed E-state index contributed by atoms with van der Waals surface area (Å²) in [7, 11) is -4.82. The van der Waals surface area contributed by atoms with Crippen LogP contribution < -0.4 is 0 Å². The van der Waals surface area contributed by atoms with E-state index < -0.39 is 46.1 Å². The van der Waals surface area contributed by atoms with Crippen LogP contribution in [-0.4, -0.2) is 61.9 Å². The Kier molecular flexibility index (Phi) is 17.8. The molecule has 0 fully saturated rings. The topological polar surface area (TPSA) is 106 Å². The lowest BCUT2D eigenvalue weighted by Crippen LogP contribution is -2.55. The van der Waals surface area contributed by atoms with E-state index in [1.54, 1.807) is 11.3 Å². The maximum Gasteiger partial charge on any atom is 0.305 e. The minimum Gasteiger partial charge on any atom is -0.481 e. The van der Waals surface area contributed by atoms with Crippen LogP contribution >= 0.6 is 11.3 Å². The number of carboxylic acids is 1. The van der Waals surface area contributed by atoms with Gasteiger partial charge < -0.3 is 19.1 Å². The van der Waals surface area contributed by atoms with Crippen molar-refractivity contribution in [2.24, 2.45) is 17.3 Å². The number of aromatic nitrogens is 1. The van der Waals surface area contributed by atoms with Crippen molar-refractivity contribution in [1.29, 1.82) is 0 Å². The number of nitrogens with zero attached hydrogens (tertiary/aromatic N) is 1. The first-order valence-electron chi connectivity index (χ1n) is 20.2. The van der Waals surface area contributed by atoms with Crippen LogP contribution in [0.15, 0.2) is 52.9 Å². The van der Waals surface area contributed by atoms with Crippen LogP contribution in [0.2, 0.25) is 36.3 Å². The zero-order chi connectivity index (χ0) is 42.2. The number of aliphatic carboxylic acids is 1. The molecule has 7 nitrogen and oxygen atoms in total. The van der Waals surface area contributed by atoms with Crippen LogP contribution in [0, 0.1) is 24.2 Å². The maximum atomic E-state index is 15.3. The van der Waals surface area contributed by atoms with Gasteiger partial charge in [0.2, 0.25) is 0 Å². The number of rotatable bonds is 21. The van der Waals surface area contributed by atoms with Crippen LogP contribution in [0.5, 0.6) is 0 Å². The van der Waals surface area contributed by atoms with E-state index in [0.717, 1.165) is 41.1 Å². The molecule has 310 valence electrons. The number of benzene rings is 1. The van der Waals surface area contributed by atoms with Crippen LogP contribution in [-0.2, 0) is 24.9 Å². The number of carbonyl (C=O) groups excluding carboxylic acids is 1. The molecule has 0 aliphatic carbocycles. The molecule has 2 aromatic rings. The summed E-state index contributed by atoms with van der Waals surface area (Å²) in [6, 6.07) is 10.1. The minimum absolute atomic E-state index is 0.00169. The smallest absolute Gasteiger partial charge is 0.305 e. The normalized spacial score (nSPS) is 16.7. The highest BCUT2D eigenvalue weighted by Crippen LogP contribution is 2.45. The highest BCUT2D eigenvalue weighted by atomic mass is 32.1. The predicted molar refractivity (Wildman–Crippen MR) is 237 cm³/mol. The highest BCUT2D eigenvalue weighted by molar-refractivity contribution is 7.09. The molecule has 0 unspecified atom stereocenters. The van der Waals surface area contributed by atoms with E-state index in [4.69, 9.17) is 8.85 Å². The van der Waals surface area contributed by atoms with Crippen LogP contribution in [0.4, 0.5) is 0 Å². The zero-order valence-corrected chi connectivity index (χ0v) is 39.9. The molecule has 0 saturated carbocycles. The zero-order valence-electron chi connectivity index (χ0n) is 37.1. The van der Waals surface area contributed by atoms with Crippen molar-refractivity contribution in [3.8, 4) is 0 Å². The second-order valence-electron chi connectivity index (χ2n) is 19.5. The van der Waals surface area contributed by atoms with E-state index in [9.17, 15) is 15.0 Å². The quantitative estimate of drug-likeness (QED) is 0.0955. The number of allylic oxidation sites excluding steroid dienone is 1. The lowest BCUT2D eigenvalue weighted by atomic mass is 9.70. The summed E-state index contributed by atoms with van der Waals surface area (Å²) in [6.07, 6.45) is 5.80. The molecule has 0 amide bonds. The van der Waals surface area contributed by atoms with Gasteiger partial charge in [0.25, 0.3) is 0 Å². The first-order valence-corrected chi connectivity index (χ1v) is 26.9. The Morgan fingerprint density at radius 1 is 0.927 bits per heavy atom. The summed E-state index contributed by atoms with van der Waals surface area (Å²) in [5.41, 5.74) is 2.97. The van der Waals surface area contributed by atoms with Gasteiger partial charge in [0, 0.05) is 16.7 Å². The standard InChI is InChI=1S/C45H75NO6SSi2/c1-31(25-26-38(47)33(3)27-36-30-53-34(4)46-36)21-20-22-32(2)41(52-55(15,16)44(8,9)10)37(28-35-23-18-17-19-24-35)42(50)45(11,12)39(29-40(48)49)51-54(13,14)43(5,6)7/h17-19,23-25,27,30,32,37-39,41,47H,20-22,26,28-29H2,1-16H3,(H,48,49)/b31-25-,33-27+/t32-,37-,38-,39-,41+/m0/s1. The Labute approximate surface area is 340 Å². The summed E-state index contributed by atoms with van der Waals surface area (Å²) in [5, 5.41) is 23.8. The van der Waals surface area contributed by atoms with Crippen LogP contribution in [0.25, 0.3) is 6.08 Å². The number of ketones is 1. The van der Waals surface area contributed by atoms with E-state index in [0.29, 0.717) is 12.8 Å². The van der Waals surface area contributed by atoms with Gasteiger partial charge in [-0.2, -0.15) is 0 Å². The molecule has 0 aliphatic rings. The number of hydrogen-bond acceptors (Lipinski definition) is 7. The van der Waals surface area contributed by atoms with Crippen molar-refractivity contribution in [2.75, 3.05) is 0 Å². The van der Waals surface area contributed by atoms with Crippen molar-refractivity contribution in [2.45, 2.75) is 176 Å². The van der Waals surface area contributed by atoms with Gasteiger partial charge >= 0.3 is 5.97 Å². The molecule has 2 rings (SSSR count). The molecule has 10 heteroatoms. The van der Waals surface area contributed by atoms with Gasteiger partial charge in [-0.15, -0.1) is 11.3 Å². The largest absolute Gasteiger partial charge is 0.481 e. The maximum absolute atomic E-state index is 15.3. The number of carbonyl (C=O) groups is 2. The molecule has 1 aromatic heterocycles. The third-order valence-electron chi connectivity index (χ3n) is 12.3. The van der Waals surface area contributed by atoms with Crippen molar-refractivity contribution in [3.63, 3.8) is 0 Å². The minimum atomic E-state index is -2.44. The molecular weight excluding hydrogens is 739 g/mol. The Morgan fingerprint density at radius 3 is 2.00 bits per heavy atom. The highest BCUT2D eigenvalue weighted by Gasteiger charge is 2.51. The van der Waals surface area contributed by atoms with E-state index in [-0.39, 0.29) is 34.3 Å². The average Bonchev–Trinajstić information content (AvgIpc) is 3.47. The fraction of sp³-hybridized carbons (Fsp3) is 0.667. The van der Waals surface area contributed by atoms with E-state index in [1.807, 2.05) is 57.4 Å². The van der Waals surface area contributed by atoms with E-state index >= 15 is 4.79 Å². The van der Waals surface area contributed by atoms with Gasteiger partial charge in [-0.25, -0.2) is 4.98 Å². The molecule has 2 N–H and O–H groups in total. The van der Waals surface area contributed by atoms with Crippen molar-refractivity contribution >= 4 is 45.8 Å². The van der Waals surface area contributed by atoms with E-state index in [1.165, 1.54) is 5.57 Å². The van der Waals surface area contributed by atoms with Gasteiger partial charge in [0.15, 0.2) is 16.6 Å². The monoisotopic (exact) mass is 813 g/mol. The second kappa shape index (κ2) is 20.0. The first kappa shape index (κ1) is 48.9. The molecule has 1 aromatic carbocycles. The number of Topliss-reactive ketones (excluding diaryl/α,β-unsaturated/α-hetero) is 1. The lowest BCUT2D eigenvalue weighted by molar-refractivity contribution is -0.146. The molecule has 55 heavy (non-hydrogen) atoms. The Hall–Kier alpha value is -2.22. The van der Waals surface area contributed by atoms with Gasteiger partial charge in [-0.05, 0) is 112 Å². The van der Waals surface area contributed by atoms with Crippen LogP contribution in [0.3, 0.4) is 0 Å². The number of hydrogen-bond donors (Lipinski definition) is 2. The second-order valence-corrected chi connectivity index (χ2v) is 30.1. The SMILES string of the molecule is C/C(=C/C[C@H](O)/C(C)=C/c1csc(C)n1)CCC[C@H](C)[C@@H](O[Si](C)(C)C(C)(C)C)[C@H](Cc1ccccc1)C(=O)C(C)(C)[C@H](CC(=O)O)O[Si](C)(C)C(C)(C)C. The fourth-order valence-electron chi connectivity index (χ4n) is 6.35. The van der Waals surface area contributed by atoms with Gasteiger partial charge in [-0.1, -0.05) is 104 Å². The molecule has 1 heterocycles. The van der Waals surface area contributed by atoms with E-state index in [2.05, 4.69) is 105 Å². The number of thiazole rings is 1. The van der Waals surface area contributed by atoms with Gasteiger partial charge in [0.1, 0.15) is 5.78 Å². The van der Waals surface area contributed by atoms with Crippen molar-refractivity contribution < 1.29 is 28.7 Å². The fourth-order valence-corrected chi connectivity index (χ4v) is 9.80. The Morgan fingerprint density at radius 2 is 1.49 bits per heavy atom. The molecule has 0 spiro atoms. The summed E-state index contributed by atoms with van der Waals surface area (Å²) >= 11 is 1.60. The lowest BCUT2D eigenvalue weighted by Gasteiger charge is -2.47. The third-order valence-corrected chi connectivity index (χ3v) is 22.1. The number of aliphatic hydroxyl groups is 1. The number of aryl methyl sites for hydroxylation is 1. The van der Waals surface area contributed by atoms with Crippen molar-refractivity contribution in [1.82, 2.24) is 4.98 Å².